The summed E-state index contributed by atoms with van der Waals surface area (Å²) in [5.74, 6) is 0.443. The molecule has 0 saturated heterocycles. The lowest BCUT2D eigenvalue weighted by Gasteiger charge is -2.06. The van der Waals surface area contributed by atoms with Crippen LogP contribution in [0.5, 0.6) is 0 Å². The summed E-state index contributed by atoms with van der Waals surface area (Å²) in [6.07, 6.45) is 3.96. The van der Waals surface area contributed by atoms with E-state index in [-0.39, 0.29) is 5.91 Å². The van der Waals surface area contributed by atoms with Crippen molar-refractivity contribution in [3.8, 4) is 0 Å². The number of hydrogen-bond acceptors (Lipinski definition) is 1. The molecule has 0 heterocycles. The second-order valence-corrected chi connectivity index (χ2v) is 5.30. The summed E-state index contributed by atoms with van der Waals surface area (Å²) in [6.45, 7) is 4.81. The number of benzene rings is 2. The number of rotatable bonds is 5. The van der Waals surface area contributed by atoms with E-state index in [2.05, 4.69) is 19.2 Å². The van der Waals surface area contributed by atoms with Crippen molar-refractivity contribution >= 4 is 12.0 Å². The van der Waals surface area contributed by atoms with Crippen LogP contribution in [0, 0.1) is 0 Å². The molecule has 0 aromatic heterocycles. The Balaban J connectivity index is 1.86. The van der Waals surface area contributed by atoms with Gasteiger partial charge < -0.3 is 5.32 Å². The molecule has 108 valence electrons. The van der Waals surface area contributed by atoms with Gasteiger partial charge in [-0.2, -0.15) is 0 Å². The number of hydrogen-bond donors (Lipinski definition) is 1. The van der Waals surface area contributed by atoms with Crippen molar-refractivity contribution in [2.24, 2.45) is 0 Å². The van der Waals surface area contributed by atoms with Crippen LogP contribution in [-0.2, 0) is 0 Å². The zero-order chi connectivity index (χ0) is 15.1. The summed E-state index contributed by atoms with van der Waals surface area (Å²) in [7, 11) is 0. The Morgan fingerprint density at radius 2 is 1.71 bits per heavy atom. The minimum atomic E-state index is -0.0389. The van der Waals surface area contributed by atoms with Crippen LogP contribution in [-0.4, -0.2) is 12.5 Å². The van der Waals surface area contributed by atoms with Gasteiger partial charge >= 0.3 is 0 Å². The van der Waals surface area contributed by atoms with Crippen LogP contribution < -0.4 is 5.32 Å². The van der Waals surface area contributed by atoms with E-state index in [0.717, 1.165) is 5.56 Å². The van der Waals surface area contributed by atoms with E-state index >= 15 is 0 Å². The average molecular weight is 279 g/mol. The molecule has 0 unspecified atom stereocenters. The monoisotopic (exact) mass is 279 g/mol. The van der Waals surface area contributed by atoms with Gasteiger partial charge in [0.15, 0.2) is 0 Å². The molecular weight excluding hydrogens is 258 g/mol. The van der Waals surface area contributed by atoms with Crippen LogP contribution in [0.1, 0.15) is 41.3 Å². The molecular formula is C19H21NO. The maximum Gasteiger partial charge on any atom is 0.251 e. The molecule has 1 amide bonds. The molecule has 2 aromatic carbocycles. The van der Waals surface area contributed by atoms with Crippen molar-refractivity contribution in [2.75, 3.05) is 6.54 Å². The molecule has 2 nitrogen and oxygen atoms in total. The number of nitrogens with one attached hydrogen (secondary N) is 1. The third-order valence-electron chi connectivity index (χ3n) is 3.33. The highest BCUT2D eigenvalue weighted by molar-refractivity contribution is 5.94. The lowest BCUT2D eigenvalue weighted by atomic mass is 10.0. The standard InChI is InChI=1S/C19H21NO/c1-15(2)17-10-12-18(13-11-17)19(21)20-14-6-9-16-7-4-3-5-8-16/h3-13,15H,14H2,1-2H3,(H,20,21)/b9-6+. The summed E-state index contributed by atoms with van der Waals surface area (Å²) < 4.78 is 0. The van der Waals surface area contributed by atoms with E-state index in [4.69, 9.17) is 0 Å². The molecule has 0 aliphatic heterocycles. The second kappa shape index (κ2) is 7.44. The quantitative estimate of drug-likeness (QED) is 0.871. The van der Waals surface area contributed by atoms with E-state index in [1.165, 1.54) is 5.56 Å². The zero-order valence-electron chi connectivity index (χ0n) is 12.5. The van der Waals surface area contributed by atoms with Gasteiger partial charge in [-0.3, -0.25) is 4.79 Å². The second-order valence-electron chi connectivity index (χ2n) is 5.30. The summed E-state index contributed by atoms with van der Waals surface area (Å²) in [6, 6.07) is 17.8. The first-order chi connectivity index (χ1) is 10.2. The maximum atomic E-state index is 12.0. The summed E-state index contributed by atoms with van der Waals surface area (Å²) >= 11 is 0. The third kappa shape index (κ3) is 4.60. The summed E-state index contributed by atoms with van der Waals surface area (Å²) in [4.78, 5) is 12.0. The Morgan fingerprint density at radius 1 is 1.05 bits per heavy atom. The largest absolute Gasteiger partial charge is 0.349 e. The van der Waals surface area contributed by atoms with Crippen LogP contribution >= 0.6 is 0 Å². The van der Waals surface area contributed by atoms with Crippen LogP contribution in [0.15, 0.2) is 60.7 Å². The minimum absolute atomic E-state index is 0.0389. The highest BCUT2D eigenvalue weighted by Gasteiger charge is 2.04. The van der Waals surface area contributed by atoms with E-state index in [1.54, 1.807) is 0 Å². The van der Waals surface area contributed by atoms with Crippen molar-refractivity contribution in [2.45, 2.75) is 19.8 Å². The first-order valence-electron chi connectivity index (χ1n) is 7.26. The fourth-order valence-corrected chi connectivity index (χ4v) is 2.03. The Labute approximate surface area is 126 Å². The fourth-order valence-electron chi connectivity index (χ4n) is 2.03. The van der Waals surface area contributed by atoms with Crippen LogP contribution in [0.25, 0.3) is 6.08 Å². The SMILES string of the molecule is CC(C)c1ccc(C(=O)NC/C=C/c2ccccc2)cc1. The molecule has 0 atom stereocenters. The van der Waals surface area contributed by atoms with Crippen molar-refractivity contribution in [1.29, 1.82) is 0 Å². The molecule has 0 bridgehead atoms. The zero-order valence-corrected chi connectivity index (χ0v) is 12.5. The Hall–Kier alpha value is -2.35. The molecule has 0 fully saturated rings. The van der Waals surface area contributed by atoms with Gasteiger partial charge in [-0.1, -0.05) is 68.5 Å². The molecule has 0 aliphatic rings. The lowest BCUT2D eigenvalue weighted by Crippen LogP contribution is -2.23. The molecule has 0 radical (unpaired) electrons. The molecule has 0 spiro atoms. The van der Waals surface area contributed by atoms with Gasteiger partial charge in [0, 0.05) is 12.1 Å². The van der Waals surface area contributed by atoms with E-state index in [9.17, 15) is 4.79 Å². The highest BCUT2D eigenvalue weighted by atomic mass is 16.1. The van der Waals surface area contributed by atoms with Crippen molar-refractivity contribution < 1.29 is 4.79 Å². The highest BCUT2D eigenvalue weighted by Crippen LogP contribution is 2.14. The predicted octanol–water partition coefficient (Wildman–Crippen LogP) is 4.25. The minimum Gasteiger partial charge on any atom is -0.349 e. The van der Waals surface area contributed by atoms with Gasteiger partial charge in [-0.15, -0.1) is 0 Å². The Kier molecular flexibility index (Phi) is 5.33. The first kappa shape index (κ1) is 15.0. The summed E-state index contributed by atoms with van der Waals surface area (Å²) in [5.41, 5.74) is 3.08. The molecule has 2 heteroatoms. The van der Waals surface area contributed by atoms with Crippen molar-refractivity contribution in [3.63, 3.8) is 0 Å². The van der Waals surface area contributed by atoms with Gasteiger partial charge in [0.2, 0.25) is 0 Å². The van der Waals surface area contributed by atoms with Gasteiger partial charge in [-0.05, 0) is 29.2 Å². The third-order valence-corrected chi connectivity index (χ3v) is 3.33. The molecule has 2 rings (SSSR count). The molecule has 0 saturated carbocycles. The molecule has 0 aliphatic carbocycles. The van der Waals surface area contributed by atoms with E-state index < -0.39 is 0 Å². The van der Waals surface area contributed by atoms with Gasteiger partial charge in [-0.25, -0.2) is 0 Å². The van der Waals surface area contributed by atoms with Gasteiger partial charge in [0.25, 0.3) is 5.91 Å². The lowest BCUT2D eigenvalue weighted by molar-refractivity contribution is 0.0958. The van der Waals surface area contributed by atoms with Crippen LogP contribution in [0.3, 0.4) is 0 Å². The van der Waals surface area contributed by atoms with Crippen LogP contribution in [0.4, 0.5) is 0 Å². The number of carbonyl (C=O) groups is 1. The fraction of sp³-hybridized carbons (Fsp3) is 0.211. The number of carbonyl (C=O) groups excluding carboxylic acids is 1. The molecule has 1 N–H and O–H groups in total. The summed E-state index contributed by atoms with van der Waals surface area (Å²) in [5, 5.41) is 2.89. The average Bonchev–Trinajstić information content (AvgIpc) is 2.52. The maximum absolute atomic E-state index is 12.0. The van der Waals surface area contributed by atoms with Gasteiger partial charge in [0.1, 0.15) is 0 Å². The molecule has 21 heavy (non-hydrogen) atoms. The Morgan fingerprint density at radius 3 is 2.33 bits per heavy atom. The van der Waals surface area contributed by atoms with E-state index in [0.29, 0.717) is 18.0 Å². The van der Waals surface area contributed by atoms with Crippen molar-refractivity contribution in [3.05, 3.63) is 77.4 Å². The van der Waals surface area contributed by atoms with Crippen molar-refractivity contribution in [1.82, 2.24) is 5.32 Å². The van der Waals surface area contributed by atoms with E-state index in [1.807, 2.05) is 66.7 Å². The first-order valence-corrected chi connectivity index (χ1v) is 7.26. The Bertz CT molecular complexity index is 597. The topological polar surface area (TPSA) is 29.1 Å². The smallest absolute Gasteiger partial charge is 0.251 e. The predicted molar refractivity (Wildman–Crippen MR) is 88.3 cm³/mol. The van der Waals surface area contributed by atoms with Crippen LogP contribution in [0.2, 0.25) is 0 Å². The van der Waals surface area contributed by atoms with Gasteiger partial charge in [0.05, 0.1) is 0 Å². The molecule has 2 aromatic rings. The number of amides is 1. The normalized spacial score (nSPS) is 11.0.